The van der Waals surface area contributed by atoms with Gasteiger partial charge in [0.05, 0.1) is 31.8 Å². The Kier molecular flexibility index (Phi) is 9.38. The summed E-state index contributed by atoms with van der Waals surface area (Å²) in [6.07, 6.45) is -1.04. The van der Waals surface area contributed by atoms with Crippen LogP contribution in [0.4, 0.5) is 8.78 Å². The molecule has 0 amide bonds. The summed E-state index contributed by atoms with van der Waals surface area (Å²) in [5.74, 6) is 5.61. The molecule has 0 radical (unpaired) electrons. The fourth-order valence-electron chi connectivity index (χ4n) is 4.18. The summed E-state index contributed by atoms with van der Waals surface area (Å²) in [6, 6.07) is 15.7. The molecule has 2 aromatic carbocycles. The van der Waals surface area contributed by atoms with Crippen LogP contribution < -0.4 is 10.9 Å². The molecule has 1 atom stereocenters. The topological polar surface area (TPSA) is 90.5 Å². The van der Waals surface area contributed by atoms with E-state index in [0.717, 1.165) is 49.5 Å². The summed E-state index contributed by atoms with van der Waals surface area (Å²) in [5, 5.41) is 12.8. The maximum absolute atomic E-state index is 12.7. The van der Waals surface area contributed by atoms with Crippen LogP contribution in [0.25, 0.3) is 0 Å². The van der Waals surface area contributed by atoms with E-state index in [1.165, 1.54) is 11.9 Å². The van der Waals surface area contributed by atoms with Gasteiger partial charge in [0.1, 0.15) is 0 Å². The van der Waals surface area contributed by atoms with Crippen molar-refractivity contribution >= 4 is 0 Å². The molecule has 1 fully saturated rings. The quantitative estimate of drug-likeness (QED) is 0.385. The molecule has 1 aliphatic rings. The Hall–Kier alpha value is -3.58. The van der Waals surface area contributed by atoms with Gasteiger partial charge in [0.25, 0.3) is 12.0 Å². The van der Waals surface area contributed by atoms with E-state index < -0.39 is 24.3 Å². The number of aromatic nitrogens is 2. The van der Waals surface area contributed by atoms with Gasteiger partial charge in [0.15, 0.2) is 0 Å². The average Bonchev–Trinajstić information content (AvgIpc) is 2.91. The number of aromatic hydroxyl groups is 1. The largest absolute Gasteiger partial charge is 0.502 e. The molecule has 0 aliphatic carbocycles. The van der Waals surface area contributed by atoms with E-state index in [4.69, 9.17) is 4.74 Å². The number of rotatable bonds is 9. The molecule has 1 saturated heterocycles. The fraction of sp³-hybridized carbons (Fsp3) is 0.357. The molecule has 4 rings (SSSR count). The molecule has 9 heteroatoms. The van der Waals surface area contributed by atoms with E-state index in [0.29, 0.717) is 0 Å². The van der Waals surface area contributed by atoms with Gasteiger partial charge in [0.2, 0.25) is 5.75 Å². The number of benzene rings is 2. The van der Waals surface area contributed by atoms with Crippen LogP contribution in [0.3, 0.4) is 0 Å². The highest BCUT2D eigenvalue weighted by atomic mass is 19.3. The highest BCUT2D eigenvalue weighted by Gasteiger charge is 2.18. The van der Waals surface area contributed by atoms with Crippen molar-refractivity contribution in [2.24, 2.45) is 0 Å². The normalized spacial score (nSPS) is 14.8. The SMILES string of the molecule is O=c1[nH]cnc(C[C@@H](CNCC(F)F)c2ccc(C#Cc3ccc(CN4CCOCC4)cc3)cc2)c1O. The molecule has 7 nitrogen and oxygen atoms in total. The summed E-state index contributed by atoms with van der Waals surface area (Å²) in [6.45, 7) is 4.14. The monoisotopic (exact) mass is 508 g/mol. The first kappa shape index (κ1) is 26.5. The second kappa shape index (κ2) is 13.1. The zero-order chi connectivity index (χ0) is 26.0. The molecule has 0 unspecified atom stereocenters. The third-order valence-corrected chi connectivity index (χ3v) is 6.23. The molecule has 0 bridgehead atoms. The summed E-state index contributed by atoms with van der Waals surface area (Å²) < 4.78 is 30.7. The van der Waals surface area contributed by atoms with Gasteiger partial charge in [-0.3, -0.25) is 9.69 Å². The third kappa shape index (κ3) is 7.95. The number of halogens is 2. The van der Waals surface area contributed by atoms with E-state index in [1.807, 2.05) is 36.4 Å². The number of ether oxygens (including phenoxy) is 1. The van der Waals surface area contributed by atoms with Crippen molar-refractivity contribution in [3.05, 3.63) is 93.2 Å². The van der Waals surface area contributed by atoms with Crippen LogP contribution in [-0.2, 0) is 17.7 Å². The zero-order valence-electron chi connectivity index (χ0n) is 20.4. The van der Waals surface area contributed by atoms with Crippen LogP contribution in [0, 0.1) is 11.8 Å². The highest BCUT2D eigenvalue weighted by molar-refractivity contribution is 5.44. The number of alkyl halides is 2. The molecular formula is C28H30F2N4O3. The number of hydrogen-bond acceptors (Lipinski definition) is 6. The first-order valence-electron chi connectivity index (χ1n) is 12.2. The van der Waals surface area contributed by atoms with Crippen molar-refractivity contribution in [1.82, 2.24) is 20.2 Å². The summed E-state index contributed by atoms with van der Waals surface area (Å²) in [5.41, 5.74) is 3.42. The lowest BCUT2D eigenvalue weighted by Gasteiger charge is -2.26. The Labute approximate surface area is 214 Å². The van der Waals surface area contributed by atoms with Crippen LogP contribution in [0.5, 0.6) is 5.75 Å². The molecule has 3 aromatic rings. The van der Waals surface area contributed by atoms with Crippen molar-refractivity contribution in [2.75, 3.05) is 39.4 Å². The van der Waals surface area contributed by atoms with Gasteiger partial charge >= 0.3 is 0 Å². The van der Waals surface area contributed by atoms with Gasteiger partial charge < -0.3 is 20.1 Å². The number of aromatic amines is 1. The molecule has 194 valence electrons. The maximum atomic E-state index is 12.7. The lowest BCUT2D eigenvalue weighted by molar-refractivity contribution is 0.0342. The lowest BCUT2D eigenvalue weighted by atomic mass is 9.93. The predicted octanol–water partition coefficient (Wildman–Crippen LogP) is 2.89. The van der Waals surface area contributed by atoms with Gasteiger partial charge in [-0.15, -0.1) is 0 Å². The minimum absolute atomic E-state index is 0.216. The van der Waals surface area contributed by atoms with Crippen molar-refractivity contribution in [2.45, 2.75) is 25.3 Å². The van der Waals surface area contributed by atoms with Crippen molar-refractivity contribution in [1.29, 1.82) is 0 Å². The van der Waals surface area contributed by atoms with Crippen LogP contribution in [0.1, 0.15) is 33.9 Å². The Morgan fingerprint density at radius 1 is 1.03 bits per heavy atom. The second-order valence-corrected chi connectivity index (χ2v) is 8.93. The number of H-pyrrole nitrogens is 1. The standard InChI is InChI=1S/C28H30F2N4O3/c29-26(30)17-31-16-24(15-25-27(35)28(36)33-19-32-25)23-9-7-21(8-10-23)2-1-20-3-5-22(6-4-20)18-34-11-13-37-14-12-34/h3-10,19,24,26,31,35H,11-18H2,(H,32,33,36)/t24-/m0/s1. The number of nitrogens with one attached hydrogen (secondary N) is 2. The van der Waals surface area contributed by atoms with Crippen molar-refractivity contribution in [3.8, 4) is 17.6 Å². The van der Waals surface area contributed by atoms with Gasteiger partial charge in [-0.25, -0.2) is 13.8 Å². The van der Waals surface area contributed by atoms with E-state index in [-0.39, 0.29) is 24.6 Å². The molecule has 3 N–H and O–H groups in total. The first-order chi connectivity index (χ1) is 18.0. The predicted molar refractivity (Wildman–Crippen MR) is 137 cm³/mol. The van der Waals surface area contributed by atoms with Crippen LogP contribution in [0.2, 0.25) is 0 Å². The van der Waals surface area contributed by atoms with Gasteiger partial charge in [-0.1, -0.05) is 36.1 Å². The third-order valence-electron chi connectivity index (χ3n) is 6.23. The number of hydrogen-bond donors (Lipinski definition) is 3. The van der Waals surface area contributed by atoms with Crippen molar-refractivity contribution in [3.63, 3.8) is 0 Å². The second-order valence-electron chi connectivity index (χ2n) is 8.93. The van der Waals surface area contributed by atoms with Gasteiger partial charge in [0, 0.05) is 49.6 Å². The minimum atomic E-state index is -2.47. The van der Waals surface area contributed by atoms with E-state index in [2.05, 4.69) is 44.2 Å². The number of nitrogens with zero attached hydrogens (tertiary/aromatic N) is 2. The van der Waals surface area contributed by atoms with E-state index in [1.54, 1.807) is 0 Å². The van der Waals surface area contributed by atoms with Gasteiger partial charge in [-0.05, 0) is 35.4 Å². The van der Waals surface area contributed by atoms with Crippen LogP contribution >= 0.6 is 0 Å². The molecule has 37 heavy (non-hydrogen) atoms. The smallest absolute Gasteiger partial charge is 0.293 e. The van der Waals surface area contributed by atoms with E-state index >= 15 is 0 Å². The Morgan fingerprint density at radius 2 is 1.68 bits per heavy atom. The molecule has 0 spiro atoms. The molecular weight excluding hydrogens is 478 g/mol. The summed E-state index contributed by atoms with van der Waals surface area (Å²) in [4.78, 5) is 20.5. The summed E-state index contributed by atoms with van der Waals surface area (Å²) in [7, 11) is 0. The van der Waals surface area contributed by atoms with E-state index in [9.17, 15) is 18.7 Å². The minimum Gasteiger partial charge on any atom is -0.502 e. The van der Waals surface area contributed by atoms with Crippen LogP contribution in [-0.4, -0.2) is 65.8 Å². The summed E-state index contributed by atoms with van der Waals surface area (Å²) >= 11 is 0. The lowest BCUT2D eigenvalue weighted by Crippen LogP contribution is -2.35. The Balaban J connectivity index is 1.42. The highest BCUT2D eigenvalue weighted by Crippen LogP contribution is 2.23. The molecule has 0 saturated carbocycles. The maximum Gasteiger partial charge on any atom is 0.293 e. The molecule has 1 aromatic heterocycles. The number of morpholine rings is 1. The molecule has 1 aliphatic heterocycles. The van der Waals surface area contributed by atoms with Crippen LogP contribution in [0.15, 0.2) is 59.7 Å². The first-order valence-corrected chi connectivity index (χ1v) is 12.2. The zero-order valence-corrected chi connectivity index (χ0v) is 20.4. The average molecular weight is 509 g/mol. The Bertz CT molecular complexity index is 1260. The van der Waals surface area contributed by atoms with Crippen molar-refractivity contribution < 1.29 is 18.6 Å². The van der Waals surface area contributed by atoms with Gasteiger partial charge in [-0.2, -0.15) is 0 Å². The molecule has 2 heterocycles. The fourth-order valence-corrected chi connectivity index (χ4v) is 4.18. The Morgan fingerprint density at radius 3 is 2.32 bits per heavy atom.